The zero-order valence-electron chi connectivity index (χ0n) is 11.8. The van der Waals surface area contributed by atoms with Crippen molar-refractivity contribution in [3.63, 3.8) is 0 Å². The number of rotatable bonds is 6. The van der Waals surface area contributed by atoms with E-state index in [1.807, 2.05) is 25.7 Å². The third kappa shape index (κ3) is 3.14. The molecular weight excluding hydrogens is 262 g/mol. The van der Waals surface area contributed by atoms with Gasteiger partial charge in [-0.2, -0.15) is 0 Å². The van der Waals surface area contributed by atoms with Crippen LogP contribution in [0.5, 0.6) is 0 Å². The average Bonchev–Trinajstić information content (AvgIpc) is 2.46. The molecule has 8 heteroatoms. The molecule has 0 aliphatic rings. The topological polar surface area (TPSA) is 118 Å². The van der Waals surface area contributed by atoms with E-state index in [-0.39, 0.29) is 23.3 Å². The number of pyridine rings is 1. The van der Waals surface area contributed by atoms with E-state index in [0.717, 1.165) is 6.42 Å². The molecule has 1 rings (SSSR count). The van der Waals surface area contributed by atoms with E-state index in [9.17, 15) is 10.1 Å². The van der Waals surface area contributed by atoms with Gasteiger partial charge in [0, 0.05) is 18.7 Å². The van der Waals surface area contributed by atoms with Crippen molar-refractivity contribution in [1.82, 2.24) is 4.98 Å². The van der Waals surface area contributed by atoms with Crippen LogP contribution in [0, 0.1) is 10.1 Å². The summed E-state index contributed by atoms with van der Waals surface area (Å²) in [5.41, 5.74) is 5.05. The van der Waals surface area contributed by atoms with Crippen LogP contribution in [0.3, 0.4) is 0 Å². The fourth-order valence-corrected chi connectivity index (χ4v) is 1.90. The molecule has 1 atom stereocenters. The van der Waals surface area contributed by atoms with Crippen LogP contribution in [0.25, 0.3) is 0 Å². The highest BCUT2D eigenvalue weighted by Gasteiger charge is 2.22. The Bertz CT molecular complexity index is 518. The smallest absolute Gasteiger partial charge is 0.298 e. The molecule has 0 spiro atoms. The number of hydrogen-bond acceptors (Lipinski definition) is 6. The molecule has 8 nitrogen and oxygen atoms in total. The Kier molecular flexibility index (Phi) is 5.24. The Labute approximate surface area is 117 Å². The Balaban J connectivity index is 3.35. The summed E-state index contributed by atoms with van der Waals surface area (Å²) in [4.78, 5) is 16.5. The van der Waals surface area contributed by atoms with E-state index in [0.29, 0.717) is 12.4 Å². The van der Waals surface area contributed by atoms with Crippen molar-refractivity contribution in [3.05, 3.63) is 27.9 Å². The van der Waals surface area contributed by atoms with Crippen LogP contribution in [0.4, 0.5) is 11.5 Å². The van der Waals surface area contributed by atoms with E-state index in [1.165, 1.54) is 6.07 Å². The lowest BCUT2D eigenvalue weighted by Gasteiger charge is -2.28. The lowest BCUT2D eigenvalue weighted by atomic mass is 10.2. The van der Waals surface area contributed by atoms with Gasteiger partial charge in [0.15, 0.2) is 11.5 Å². The molecule has 0 bridgehead atoms. The second kappa shape index (κ2) is 6.69. The molecule has 0 aliphatic carbocycles. The maximum Gasteiger partial charge on any atom is 0.298 e. The molecule has 0 amide bonds. The number of amidine groups is 1. The summed E-state index contributed by atoms with van der Waals surface area (Å²) in [6.45, 7) is 6.76. The van der Waals surface area contributed by atoms with Crippen LogP contribution >= 0.6 is 0 Å². The van der Waals surface area contributed by atoms with Gasteiger partial charge >= 0.3 is 0 Å². The minimum absolute atomic E-state index is 0.128. The van der Waals surface area contributed by atoms with Gasteiger partial charge in [0.25, 0.3) is 5.69 Å². The third-order valence-electron chi connectivity index (χ3n) is 3.16. The van der Waals surface area contributed by atoms with Crippen LogP contribution in [0.2, 0.25) is 0 Å². The normalized spacial score (nSPS) is 13.1. The fourth-order valence-electron chi connectivity index (χ4n) is 1.90. The molecule has 1 heterocycles. The zero-order chi connectivity index (χ0) is 15.3. The van der Waals surface area contributed by atoms with Gasteiger partial charge in [-0.25, -0.2) is 4.98 Å². The van der Waals surface area contributed by atoms with E-state index >= 15 is 0 Å². The summed E-state index contributed by atoms with van der Waals surface area (Å²) in [5, 5.41) is 22.5. The predicted molar refractivity (Wildman–Crippen MR) is 76.2 cm³/mol. The number of oxime groups is 1. The monoisotopic (exact) mass is 281 g/mol. The van der Waals surface area contributed by atoms with Gasteiger partial charge in [-0.1, -0.05) is 12.1 Å². The van der Waals surface area contributed by atoms with Crippen molar-refractivity contribution in [2.75, 3.05) is 11.4 Å². The minimum Gasteiger partial charge on any atom is -0.409 e. The molecule has 0 fully saturated rings. The van der Waals surface area contributed by atoms with Crippen molar-refractivity contribution in [2.45, 2.75) is 33.2 Å². The minimum atomic E-state index is -0.607. The lowest BCUT2D eigenvalue weighted by molar-refractivity contribution is -0.385. The molecular formula is C12H19N5O3. The van der Waals surface area contributed by atoms with E-state index in [2.05, 4.69) is 10.1 Å². The highest BCUT2D eigenvalue weighted by molar-refractivity contribution is 5.99. The zero-order valence-corrected chi connectivity index (χ0v) is 11.8. The first-order valence-corrected chi connectivity index (χ1v) is 6.36. The molecule has 0 saturated heterocycles. The SMILES string of the molecule is CCC(C)N(CC)c1ccc([N+](=O)[O-])c(/C(N)=N/O)n1. The molecule has 0 aromatic carbocycles. The van der Waals surface area contributed by atoms with Crippen molar-refractivity contribution in [3.8, 4) is 0 Å². The largest absolute Gasteiger partial charge is 0.409 e. The molecule has 3 N–H and O–H groups in total. The summed E-state index contributed by atoms with van der Waals surface area (Å²) < 4.78 is 0. The molecule has 20 heavy (non-hydrogen) atoms. The maximum absolute atomic E-state index is 10.9. The Morgan fingerprint density at radius 1 is 1.60 bits per heavy atom. The maximum atomic E-state index is 10.9. The molecule has 1 aromatic heterocycles. The summed E-state index contributed by atoms with van der Waals surface area (Å²) >= 11 is 0. The Morgan fingerprint density at radius 3 is 2.70 bits per heavy atom. The van der Waals surface area contributed by atoms with Gasteiger partial charge in [0.05, 0.1) is 4.92 Å². The molecule has 1 aromatic rings. The van der Waals surface area contributed by atoms with E-state index in [1.54, 1.807) is 6.07 Å². The van der Waals surface area contributed by atoms with Gasteiger partial charge in [-0.15, -0.1) is 0 Å². The summed E-state index contributed by atoms with van der Waals surface area (Å²) in [5.74, 6) is 0.188. The third-order valence-corrected chi connectivity index (χ3v) is 3.16. The second-order valence-electron chi connectivity index (χ2n) is 4.32. The molecule has 1 unspecified atom stereocenters. The average molecular weight is 281 g/mol. The van der Waals surface area contributed by atoms with Gasteiger partial charge in [0.2, 0.25) is 0 Å². The first kappa shape index (κ1) is 15.7. The quantitative estimate of drug-likeness (QED) is 0.269. The van der Waals surface area contributed by atoms with Gasteiger partial charge in [-0.3, -0.25) is 10.1 Å². The van der Waals surface area contributed by atoms with Crippen LogP contribution in [-0.4, -0.2) is 33.5 Å². The first-order chi connectivity index (χ1) is 9.46. The standard InChI is InChI=1S/C12H19N5O3/c1-4-8(3)16(5-2)10-7-6-9(17(19)20)11(14-10)12(13)15-18/h6-8,18H,4-5H2,1-3H3,(H2,13,15). The number of nitro groups is 1. The van der Waals surface area contributed by atoms with E-state index in [4.69, 9.17) is 10.9 Å². The highest BCUT2D eigenvalue weighted by atomic mass is 16.6. The Hall–Kier alpha value is -2.38. The van der Waals surface area contributed by atoms with Gasteiger partial charge in [-0.05, 0) is 26.3 Å². The number of nitrogens with two attached hydrogens (primary N) is 1. The van der Waals surface area contributed by atoms with Crippen LogP contribution < -0.4 is 10.6 Å². The Morgan fingerprint density at radius 2 is 2.25 bits per heavy atom. The van der Waals surface area contributed by atoms with Crippen LogP contribution in [0.1, 0.15) is 32.9 Å². The van der Waals surface area contributed by atoms with Crippen LogP contribution in [-0.2, 0) is 0 Å². The first-order valence-electron chi connectivity index (χ1n) is 6.36. The van der Waals surface area contributed by atoms with Gasteiger partial charge < -0.3 is 15.8 Å². The lowest BCUT2D eigenvalue weighted by Crippen LogP contribution is -2.33. The molecule has 0 aliphatic heterocycles. The highest BCUT2D eigenvalue weighted by Crippen LogP contribution is 2.23. The van der Waals surface area contributed by atoms with Crippen molar-refractivity contribution in [2.24, 2.45) is 10.9 Å². The van der Waals surface area contributed by atoms with Crippen molar-refractivity contribution in [1.29, 1.82) is 0 Å². The van der Waals surface area contributed by atoms with E-state index < -0.39 is 4.92 Å². The summed E-state index contributed by atoms with van der Waals surface area (Å²) in [7, 11) is 0. The number of anilines is 1. The molecule has 0 saturated carbocycles. The van der Waals surface area contributed by atoms with Gasteiger partial charge in [0.1, 0.15) is 5.82 Å². The number of nitrogens with zero attached hydrogens (tertiary/aromatic N) is 4. The molecule has 110 valence electrons. The van der Waals surface area contributed by atoms with Crippen molar-refractivity contribution >= 4 is 17.3 Å². The van der Waals surface area contributed by atoms with Crippen LogP contribution in [0.15, 0.2) is 17.3 Å². The second-order valence-corrected chi connectivity index (χ2v) is 4.32. The number of aromatic nitrogens is 1. The summed E-state index contributed by atoms with van der Waals surface area (Å²) in [6, 6.07) is 3.12. The summed E-state index contributed by atoms with van der Waals surface area (Å²) in [6.07, 6.45) is 0.908. The number of hydrogen-bond donors (Lipinski definition) is 2. The fraction of sp³-hybridized carbons (Fsp3) is 0.500. The predicted octanol–water partition coefficient (Wildman–Crippen LogP) is 1.71. The van der Waals surface area contributed by atoms with Crippen molar-refractivity contribution < 1.29 is 10.1 Å². The molecule has 0 radical (unpaired) electrons.